The highest BCUT2D eigenvalue weighted by molar-refractivity contribution is 9.11. The minimum absolute atomic E-state index is 0.172. The molecule has 0 amide bonds. The van der Waals surface area contributed by atoms with Crippen LogP contribution in [0.2, 0.25) is 0 Å². The molecule has 0 aliphatic rings. The van der Waals surface area contributed by atoms with Gasteiger partial charge >= 0.3 is 0 Å². The van der Waals surface area contributed by atoms with Gasteiger partial charge < -0.3 is 5.11 Å². The Kier molecular flexibility index (Phi) is 4.23. The number of phenolic OH excluding ortho intramolecular Hbond substituents is 1. The lowest BCUT2D eigenvalue weighted by Crippen LogP contribution is -1.90. The van der Waals surface area contributed by atoms with Crippen LogP contribution in [0, 0.1) is 0 Å². The molecular weight excluding hydrogens is 418 g/mol. The summed E-state index contributed by atoms with van der Waals surface area (Å²) >= 11 is 8.12. The second-order valence-corrected chi connectivity index (χ2v) is 6.93. The number of nitrogens with zero attached hydrogens (tertiary/aromatic N) is 2. The first-order valence-corrected chi connectivity index (χ1v) is 8.36. The number of nitrogens with one attached hydrogen (secondary N) is 1. The number of aromatic nitrogens is 1. The molecule has 0 aliphatic carbocycles. The molecule has 7 heteroatoms. The second-order valence-electron chi connectivity index (χ2n) is 4.19. The fraction of sp³-hybridized carbons (Fsp3) is 0. The predicted molar refractivity (Wildman–Crippen MR) is 94.3 cm³/mol. The molecule has 106 valence electrons. The van der Waals surface area contributed by atoms with Crippen LogP contribution >= 0.6 is 43.2 Å². The summed E-state index contributed by atoms with van der Waals surface area (Å²) in [4.78, 5) is 4.43. The Labute approximate surface area is 141 Å². The van der Waals surface area contributed by atoms with Gasteiger partial charge in [-0.25, -0.2) is 4.98 Å². The van der Waals surface area contributed by atoms with Crippen LogP contribution in [-0.4, -0.2) is 16.3 Å². The van der Waals surface area contributed by atoms with Gasteiger partial charge in [-0.3, -0.25) is 5.43 Å². The summed E-state index contributed by atoms with van der Waals surface area (Å²) in [5, 5.41) is 14.6. The van der Waals surface area contributed by atoms with Crippen molar-refractivity contribution in [1.29, 1.82) is 0 Å². The lowest BCUT2D eigenvalue weighted by Gasteiger charge is -2.01. The van der Waals surface area contributed by atoms with Crippen molar-refractivity contribution in [2.45, 2.75) is 0 Å². The standard InChI is InChI=1S/C14H9Br2N3OS/c15-9-5-8(6-10(16)13(9)20)7-17-19-14-18-11-3-1-2-4-12(11)21-14/h1-7,20H,(H,18,19)/b17-7+. The van der Waals surface area contributed by atoms with E-state index in [1.807, 2.05) is 24.3 Å². The Balaban J connectivity index is 1.77. The molecule has 0 atom stereocenters. The summed E-state index contributed by atoms with van der Waals surface area (Å²) in [6, 6.07) is 11.5. The number of fused-ring (bicyclic) bond motifs is 1. The van der Waals surface area contributed by atoms with Crippen molar-refractivity contribution in [1.82, 2.24) is 4.98 Å². The number of rotatable bonds is 3. The van der Waals surface area contributed by atoms with Crippen molar-refractivity contribution < 1.29 is 5.11 Å². The van der Waals surface area contributed by atoms with E-state index in [9.17, 15) is 5.11 Å². The van der Waals surface area contributed by atoms with Crippen molar-refractivity contribution in [2.75, 3.05) is 5.43 Å². The Morgan fingerprint density at radius 3 is 2.62 bits per heavy atom. The topological polar surface area (TPSA) is 57.5 Å². The fourth-order valence-corrected chi connectivity index (χ4v) is 3.78. The molecule has 0 unspecified atom stereocenters. The van der Waals surface area contributed by atoms with Crippen LogP contribution in [0.15, 0.2) is 50.4 Å². The minimum atomic E-state index is 0.172. The quantitative estimate of drug-likeness (QED) is 0.459. The molecule has 2 aromatic carbocycles. The van der Waals surface area contributed by atoms with Crippen LogP contribution in [0.1, 0.15) is 5.56 Å². The van der Waals surface area contributed by atoms with Gasteiger partial charge in [-0.05, 0) is 61.7 Å². The zero-order valence-corrected chi connectivity index (χ0v) is 14.5. The van der Waals surface area contributed by atoms with E-state index in [0.717, 1.165) is 20.9 Å². The maximum absolute atomic E-state index is 9.65. The third kappa shape index (κ3) is 3.25. The fourth-order valence-electron chi connectivity index (χ4n) is 1.74. The molecule has 0 saturated heterocycles. The lowest BCUT2D eigenvalue weighted by molar-refractivity contribution is 0.468. The van der Waals surface area contributed by atoms with Gasteiger partial charge in [0.1, 0.15) is 5.75 Å². The number of benzene rings is 2. The first-order chi connectivity index (χ1) is 10.1. The summed E-state index contributed by atoms with van der Waals surface area (Å²) in [7, 11) is 0. The molecule has 3 aromatic rings. The van der Waals surface area contributed by atoms with E-state index in [1.165, 1.54) is 0 Å². The number of hydrazone groups is 1. The summed E-state index contributed by atoms with van der Waals surface area (Å²) in [5.74, 6) is 0.172. The zero-order valence-electron chi connectivity index (χ0n) is 10.5. The van der Waals surface area contributed by atoms with Gasteiger partial charge in [0.2, 0.25) is 5.13 Å². The van der Waals surface area contributed by atoms with Gasteiger partial charge in [0.25, 0.3) is 0 Å². The molecule has 1 aromatic heterocycles. The smallest absolute Gasteiger partial charge is 0.204 e. The van der Waals surface area contributed by atoms with Gasteiger partial charge in [-0.2, -0.15) is 5.10 Å². The summed E-state index contributed by atoms with van der Waals surface area (Å²) in [6.07, 6.45) is 1.67. The van der Waals surface area contributed by atoms with E-state index in [1.54, 1.807) is 29.7 Å². The Morgan fingerprint density at radius 2 is 1.90 bits per heavy atom. The van der Waals surface area contributed by atoms with Gasteiger partial charge in [-0.1, -0.05) is 23.5 Å². The molecule has 3 rings (SSSR count). The number of halogens is 2. The molecule has 0 aliphatic heterocycles. The van der Waals surface area contributed by atoms with E-state index in [0.29, 0.717) is 8.95 Å². The van der Waals surface area contributed by atoms with Crippen LogP contribution in [-0.2, 0) is 0 Å². The maximum atomic E-state index is 9.65. The largest absolute Gasteiger partial charge is 0.506 e. The Bertz CT molecular complexity index is 776. The normalized spacial score (nSPS) is 11.3. The lowest BCUT2D eigenvalue weighted by atomic mass is 10.2. The van der Waals surface area contributed by atoms with Crippen molar-refractivity contribution >= 4 is 64.8 Å². The van der Waals surface area contributed by atoms with Crippen LogP contribution in [0.5, 0.6) is 5.75 Å². The van der Waals surface area contributed by atoms with Crippen LogP contribution in [0.4, 0.5) is 5.13 Å². The number of para-hydroxylation sites is 1. The van der Waals surface area contributed by atoms with E-state index < -0.39 is 0 Å². The predicted octanol–water partition coefficient (Wildman–Crippen LogP) is 4.97. The molecule has 0 saturated carbocycles. The van der Waals surface area contributed by atoms with E-state index >= 15 is 0 Å². The molecule has 4 nitrogen and oxygen atoms in total. The highest BCUT2D eigenvalue weighted by Crippen LogP contribution is 2.32. The molecular formula is C14H9Br2N3OS. The monoisotopic (exact) mass is 425 g/mol. The van der Waals surface area contributed by atoms with E-state index in [4.69, 9.17) is 0 Å². The number of thiazole rings is 1. The molecule has 21 heavy (non-hydrogen) atoms. The minimum Gasteiger partial charge on any atom is -0.506 e. The van der Waals surface area contributed by atoms with E-state index in [2.05, 4.69) is 47.4 Å². The molecule has 1 heterocycles. The molecule has 2 N–H and O–H groups in total. The van der Waals surface area contributed by atoms with Gasteiger partial charge in [0.05, 0.1) is 25.4 Å². The number of hydrogen-bond donors (Lipinski definition) is 2. The second kappa shape index (κ2) is 6.13. The van der Waals surface area contributed by atoms with Crippen LogP contribution in [0.25, 0.3) is 10.2 Å². The third-order valence-electron chi connectivity index (χ3n) is 2.71. The molecule has 0 fully saturated rings. The number of hydrogen-bond acceptors (Lipinski definition) is 5. The third-order valence-corrected chi connectivity index (χ3v) is 4.86. The van der Waals surface area contributed by atoms with Crippen molar-refractivity contribution in [3.8, 4) is 5.75 Å². The van der Waals surface area contributed by atoms with E-state index in [-0.39, 0.29) is 5.75 Å². The first kappa shape index (κ1) is 14.5. The van der Waals surface area contributed by atoms with Crippen LogP contribution < -0.4 is 5.43 Å². The molecule has 0 spiro atoms. The highest BCUT2D eigenvalue weighted by Gasteiger charge is 2.05. The molecule has 0 radical (unpaired) electrons. The van der Waals surface area contributed by atoms with Gasteiger partial charge in [0, 0.05) is 0 Å². The number of phenols is 1. The first-order valence-electron chi connectivity index (χ1n) is 5.96. The highest BCUT2D eigenvalue weighted by atomic mass is 79.9. The van der Waals surface area contributed by atoms with Crippen molar-refractivity contribution in [3.63, 3.8) is 0 Å². The SMILES string of the molecule is Oc1c(Br)cc(/C=N/Nc2nc3ccccc3s2)cc1Br. The van der Waals surface area contributed by atoms with Gasteiger partial charge in [0.15, 0.2) is 0 Å². The average molecular weight is 427 g/mol. The number of aromatic hydroxyl groups is 1. The van der Waals surface area contributed by atoms with Crippen molar-refractivity contribution in [3.05, 3.63) is 50.9 Å². The summed E-state index contributed by atoms with van der Waals surface area (Å²) in [5.41, 5.74) is 4.72. The van der Waals surface area contributed by atoms with Gasteiger partial charge in [-0.15, -0.1) is 0 Å². The summed E-state index contributed by atoms with van der Waals surface area (Å²) < 4.78 is 2.34. The maximum Gasteiger partial charge on any atom is 0.204 e. The Morgan fingerprint density at radius 1 is 1.19 bits per heavy atom. The molecule has 0 bridgehead atoms. The average Bonchev–Trinajstić information content (AvgIpc) is 2.87. The zero-order chi connectivity index (χ0) is 14.8. The number of anilines is 1. The Hall–Kier alpha value is -1.44. The van der Waals surface area contributed by atoms with Crippen molar-refractivity contribution in [2.24, 2.45) is 5.10 Å². The van der Waals surface area contributed by atoms with Crippen LogP contribution in [0.3, 0.4) is 0 Å². The summed E-state index contributed by atoms with van der Waals surface area (Å²) in [6.45, 7) is 0.